The number of hydrogen-bond acceptors (Lipinski definition) is 3. The molecule has 0 spiro atoms. The normalized spacial score (nSPS) is 11.6. The van der Waals surface area contributed by atoms with Crippen molar-refractivity contribution in [2.75, 3.05) is 0 Å². The number of benzene rings is 2. The van der Waals surface area contributed by atoms with Crippen molar-refractivity contribution in [1.82, 2.24) is 16.2 Å². The van der Waals surface area contributed by atoms with E-state index in [1.54, 1.807) is 36.4 Å². The summed E-state index contributed by atoms with van der Waals surface area (Å²) < 4.78 is 0. The first kappa shape index (κ1) is 21.7. The third kappa shape index (κ3) is 6.25. The molecule has 8 heteroatoms. The van der Waals surface area contributed by atoms with Crippen LogP contribution in [0.1, 0.15) is 41.0 Å². The SMILES string of the molecule is CC(C)C[C@H](NC(=O)c1ccc(Cl)cc1Cl)C(=O)NNC(=O)c1ccccc1. The van der Waals surface area contributed by atoms with Gasteiger partial charge in [0.1, 0.15) is 6.04 Å². The monoisotopic (exact) mass is 421 g/mol. The van der Waals surface area contributed by atoms with E-state index < -0.39 is 23.8 Å². The van der Waals surface area contributed by atoms with Gasteiger partial charge in [0.25, 0.3) is 17.7 Å². The van der Waals surface area contributed by atoms with Gasteiger partial charge in [-0.05, 0) is 42.7 Å². The highest BCUT2D eigenvalue weighted by Crippen LogP contribution is 2.21. The van der Waals surface area contributed by atoms with Gasteiger partial charge >= 0.3 is 0 Å². The predicted octanol–water partition coefficient (Wildman–Crippen LogP) is 3.60. The third-order valence-electron chi connectivity index (χ3n) is 3.84. The van der Waals surface area contributed by atoms with Crippen LogP contribution in [0, 0.1) is 5.92 Å². The standard InChI is InChI=1S/C20H21Cl2N3O3/c1-12(2)10-17(23-19(27)15-9-8-14(21)11-16(15)22)20(28)25-24-18(26)13-6-4-3-5-7-13/h3-9,11-12,17H,10H2,1-2H3,(H,23,27)(H,24,26)(H,25,28)/t17-/m0/s1. The van der Waals surface area contributed by atoms with Crippen molar-refractivity contribution in [3.05, 3.63) is 69.7 Å². The highest BCUT2D eigenvalue weighted by molar-refractivity contribution is 6.36. The molecule has 148 valence electrons. The lowest BCUT2D eigenvalue weighted by atomic mass is 10.0. The molecule has 0 heterocycles. The maximum atomic E-state index is 12.5. The Morgan fingerprint density at radius 1 is 0.929 bits per heavy atom. The Labute approximate surface area is 173 Å². The fourth-order valence-corrected chi connectivity index (χ4v) is 2.97. The molecule has 0 unspecified atom stereocenters. The van der Waals surface area contributed by atoms with Crippen LogP contribution in [0.2, 0.25) is 10.0 Å². The summed E-state index contributed by atoms with van der Waals surface area (Å²) in [6.45, 7) is 3.84. The van der Waals surface area contributed by atoms with Crippen LogP contribution in [0.5, 0.6) is 0 Å². The second-order valence-corrected chi connectivity index (χ2v) is 7.43. The number of rotatable bonds is 6. The number of halogens is 2. The van der Waals surface area contributed by atoms with Crippen LogP contribution in [0.15, 0.2) is 48.5 Å². The molecule has 2 aromatic carbocycles. The van der Waals surface area contributed by atoms with Crippen molar-refractivity contribution < 1.29 is 14.4 Å². The molecule has 2 rings (SSSR count). The van der Waals surface area contributed by atoms with Gasteiger partial charge in [0, 0.05) is 10.6 Å². The number of carbonyl (C=O) groups excluding carboxylic acids is 3. The average Bonchev–Trinajstić information content (AvgIpc) is 2.65. The van der Waals surface area contributed by atoms with Crippen LogP contribution in [-0.4, -0.2) is 23.8 Å². The van der Waals surface area contributed by atoms with Crippen molar-refractivity contribution >= 4 is 40.9 Å². The van der Waals surface area contributed by atoms with Gasteiger partial charge in [0.05, 0.1) is 10.6 Å². The molecule has 0 saturated heterocycles. The number of hydrogen-bond donors (Lipinski definition) is 3. The van der Waals surface area contributed by atoms with Crippen molar-refractivity contribution in [2.24, 2.45) is 5.92 Å². The Morgan fingerprint density at radius 2 is 1.61 bits per heavy atom. The molecule has 6 nitrogen and oxygen atoms in total. The summed E-state index contributed by atoms with van der Waals surface area (Å²) in [5.74, 6) is -1.36. The smallest absolute Gasteiger partial charge is 0.269 e. The van der Waals surface area contributed by atoms with Gasteiger partial charge in [0.2, 0.25) is 0 Å². The fourth-order valence-electron chi connectivity index (χ4n) is 2.48. The fraction of sp³-hybridized carbons (Fsp3) is 0.250. The molecular formula is C20H21Cl2N3O3. The molecule has 0 aliphatic rings. The molecule has 0 fully saturated rings. The minimum absolute atomic E-state index is 0.126. The lowest BCUT2D eigenvalue weighted by Crippen LogP contribution is -2.52. The van der Waals surface area contributed by atoms with E-state index >= 15 is 0 Å². The zero-order valence-electron chi connectivity index (χ0n) is 15.5. The first-order chi connectivity index (χ1) is 13.3. The Bertz CT molecular complexity index is 857. The van der Waals surface area contributed by atoms with Gasteiger partial charge < -0.3 is 5.32 Å². The maximum absolute atomic E-state index is 12.5. The summed E-state index contributed by atoms with van der Waals surface area (Å²) in [6, 6.07) is 12.1. The van der Waals surface area contributed by atoms with Crippen LogP contribution >= 0.6 is 23.2 Å². The lowest BCUT2D eigenvalue weighted by molar-refractivity contribution is -0.124. The van der Waals surface area contributed by atoms with E-state index in [9.17, 15) is 14.4 Å². The topological polar surface area (TPSA) is 87.3 Å². The van der Waals surface area contributed by atoms with E-state index in [0.29, 0.717) is 17.0 Å². The van der Waals surface area contributed by atoms with E-state index in [-0.39, 0.29) is 16.5 Å². The minimum atomic E-state index is -0.852. The first-order valence-electron chi connectivity index (χ1n) is 8.69. The lowest BCUT2D eigenvalue weighted by Gasteiger charge is -2.20. The van der Waals surface area contributed by atoms with Gasteiger partial charge in [-0.15, -0.1) is 0 Å². The van der Waals surface area contributed by atoms with Crippen molar-refractivity contribution in [3.63, 3.8) is 0 Å². The third-order valence-corrected chi connectivity index (χ3v) is 4.39. The first-order valence-corrected chi connectivity index (χ1v) is 9.44. The number of carbonyl (C=O) groups is 3. The average molecular weight is 422 g/mol. The van der Waals surface area contributed by atoms with E-state index in [2.05, 4.69) is 16.2 Å². The minimum Gasteiger partial charge on any atom is -0.340 e. The molecule has 3 amide bonds. The second-order valence-electron chi connectivity index (χ2n) is 6.59. The van der Waals surface area contributed by atoms with Gasteiger partial charge in [0.15, 0.2) is 0 Å². The van der Waals surface area contributed by atoms with Gasteiger partial charge in [-0.3, -0.25) is 25.2 Å². The largest absolute Gasteiger partial charge is 0.340 e. The summed E-state index contributed by atoms with van der Waals surface area (Å²) in [6.07, 6.45) is 0.379. The number of amides is 3. The second kappa shape index (κ2) is 10.1. The molecule has 0 aromatic heterocycles. The Balaban J connectivity index is 2.04. The van der Waals surface area contributed by atoms with Gasteiger partial charge in [-0.2, -0.15) is 0 Å². The van der Waals surface area contributed by atoms with Crippen LogP contribution in [-0.2, 0) is 4.79 Å². The Hall–Kier alpha value is -2.57. The Morgan fingerprint density at radius 3 is 2.21 bits per heavy atom. The molecule has 1 atom stereocenters. The number of nitrogens with one attached hydrogen (secondary N) is 3. The summed E-state index contributed by atoms with van der Waals surface area (Å²) >= 11 is 11.9. The van der Waals surface area contributed by atoms with E-state index in [4.69, 9.17) is 23.2 Å². The molecule has 0 radical (unpaired) electrons. The molecule has 0 aliphatic carbocycles. The van der Waals surface area contributed by atoms with E-state index in [1.807, 2.05) is 13.8 Å². The van der Waals surface area contributed by atoms with Crippen LogP contribution < -0.4 is 16.2 Å². The van der Waals surface area contributed by atoms with E-state index in [0.717, 1.165) is 0 Å². The van der Waals surface area contributed by atoms with Crippen molar-refractivity contribution in [3.8, 4) is 0 Å². The van der Waals surface area contributed by atoms with Crippen molar-refractivity contribution in [2.45, 2.75) is 26.3 Å². The summed E-state index contributed by atoms with van der Waals surface area (Å²) in [4.78, 5) is 37.1. The predicted molar refractivity (Wildman–Crippen MR) is 109 cm³/mol. The van der Waals surface area contributed by atoms with Crippen LogP contribution in [0.4, 0.5) is 0 Å². The molecule has 0 bridgehead atoms. The summed E-state index contributed by atoms with van der Waals surface area (Å²) in [5.41, 5.74) is 5.32. The molecular weight excluding hydrogens is 401 g/mol. The zero-order chi connectivity index (χ0) is 20.7. The number of hydrazine groups is 1. The molecule has 2 aromatic rings. The zero-order valence-corrected chi connectivity index (χ0v) is 17.0. The molecule has 0 saturated carbocycles. The van der Waals surface area contributed by atoms with Crippen LogP contribution in [0.25, 0.3) is 0 Å². The molecule has 0 aliphatic heterocycles. The van der Waals surface area contributed by atoms with Crippen LogP contribution in [0.3, 0.4) is 0 Å². The summed E-state index contributed by atoms with van der Waals surface area (Å²) in [5, 5.41) is 3.25. The van der Waals surface area contributed by atoms with Gasteiger partial charge in [-0.1, -0.05) is 55.2 Å². The molecule has 3 N–H and O–H groups in total. The van der Waals surface area contributed by atoms with Crippen molar-refractivity contribution in [1.29, 1.82) is 0 Å². The Kier molecular flexibility index (Phi) is 7.84. The van der Waals surface area contributed by atoms with Gasteiger partial charge in [-0.25, -0.2) is 0 Å². The summed E-state index contributed by atoms with van der Waals surface area (Å²) in [7, 11) is 0. The molecule has 28 heavy (non-hydrogen) atoms. The highest BCUT2D eigenvalue weighted by atomic mass is 35.5. The highest BCUT2D eigenvalue weighted by Gasteiger charge is 2.24. The maximum Gasteiger partial charge on any atom is 0.269 e. The van der Waals surface area contributed by atoms with E-state index in [1.165, 1.54) is 12.1 Å². The quantitative estimate of drug-likeness (QED) is 0.622.